The molecular weight excluding hydrogens is 421 g/mol. The van der Waals surface area contributed by atoms with Gasteiger partial charge in [-0.3, -0.25) is 4.79 Å². The Morgan fingerprint density at radius 3 is 1.54 bits per heavy atom. The van der Waals surface area contributed by atoms with Gasteiger partial charge in [0.15, 0.2) is 0 Å². The fraction of sp³-hybridized carbons (Fsp3) is 0.867. The van der Waals surface area contributed by atoms with Crippen LogP contribution in [0, 0.1) is 5.92 Å². The maximum Gasteiger partial charge on any atom is 0.305 e. The molecule has 0 aliphatic carbocycles. The highest BCUT2D eigenvalue weighted by Gasteiger charge is 2.05. The van der Waals surface area contributed by atoms with E-state index in [4.69, 9.17) is 4.74 Å². The molecule has 0 bridgehead atoms. The molecule has 0 heterocycles. The van der Waals surface area contributed by atoms with E-state index in [1.165, 1.54) is 0 Å². The second-order valence-corrected chi connectivity index (χ2v) is 11.9. The normalized spacial score (nSPS) is 9.83. The van der Waals surface area contributed by atoms with Crippen LogP contribution in [-0.2, 0) is 14.3 Å². The van der Waals surface area contributed by atoms with E-state index < -0.39 is 0 Å². The van der Waals surface area contributed by atoms with Crippen LogP contribution < -0.4 is 0 Å². The highest BCUT2D eigenvalue weighted by molar-refractivity contribution is 8.76. The van der Waals surface area contributed by atoms with Crippen molar-refractivity contribution in [2.24, 2.45) is 5.92 Å². The van der Waals surface area contributed by atoms with Crippen molar-refractivity contribution in [1.82, 2.24) is 0 Å². The number of aldehydes is 1. The Kier molecular flexibility index (Phi) is 48.4. The molecule has 0 radical (unpaired) electrons. The van der Waals surface area contributed by atoms with E-state index in [-0.39, 0.29) is 11.9 Å². The Balaban J connectivity index is -0.000000137. The minimum Gasteiger partial charge on any atom is -0.466 e. The van der Waals surface area contributed by atoms with E-state index in [1.54, 1.807) is 71.7 Å². The molecule has 0 N–H and O–H groups in total. The Labute approximate surface area is 173 Å². The van der Waals surface area contributed by atoms with Gasteiger partial charge in [-0.15, -0.1) is 0 Å². The minimum absolute atomic E-state index is 0.0424. The first-order chi connectivity index (χ1) is 11.4. The van der Waals surface area contributed by atoms with Crippen molar-refractivity contribution in [3.05, 3.63) is 0 Å². The minimum atomic E-state index is -0.203. The molecule has 148 valence electrons. The summed E-state index contributed by atoms with van der Waals surface area (Å²) in [7, 11) is 10.6. The van der Waals surface area contributed by atoms with Crippen LogP contribution in [0.1, 0.15) is 33.1 Å². The lowest BCUT2D eigenvalue weighted by atomic mass is 10.1. The van der Waals surface area contributed by atoms with Gasteiger partial charge in [0, 0.05) is 12.3 Å². The first kappa shape index (κ1) is 32.9. The molecule has 0 amide bonds. The van der Waals surface area contributed by atoms with Crippen LogP contribution in [0.15, 0.2) is 0 Å². The zero-order valence-electron chi connectivity index (χ0n) is 16.2. The van der Waals surface area contributed by atoms with Crippen molar-refractivity contribution in [2.75, 3.05) is 44.1 Å². The monoisotopic (exact) mass is 454 g/mol. The fourth-order valence-corrected chi connectivity index (χ4v) is 0.702. The van der Waals surface area contributed by atoms with E-state index >= 15 is 0 Å². The maximum absolute atomic E-state index is 10.9. The number of ether oxygens (including phenoxy) is 1. The molecule has 0 rings (SSSR count). The van der Waals surface area contributed by atoms with Crippen molar-refractivity contribution in [1.29, 1.82) is 0 Å². The molecule has 3 nitrogen and oxygen atoms in total. The molecule has 0 aromatic carbocycles. The molecule has 9 heteroatoms. The van der Waals surface area contributed by atoms with Gasteiger partial charge in [0.05, 0.1) is 6.61 Å². The third-order valence-electron chi connectivity index (χ3n) is 2.00. The molecule has 0 saturated carbocycles. The van der Waals surface area contributed by atoms with E-state index in [9.17, 15) is 9.59 Å². The average molecular weight is 455 g/mol. The summed E-state index contributed by atoms with van der Waals surface area (Å²) < 4.78 is 4.83. The predicted molar refractivity (Wildman–Crippen MR) is 127 cm³/mol. The molecule has 0 saturated heterocycles. The second kappa shape index (κ2) is 35.4. The molecule has 0 aliphatic rings. The Morgan fingerprint density at radius 1 is 0.917 bits per heavy atom. The van der Waals surface area contributed by atoms with Gasteiger partial charge in [0.2, 0.25) is 0 Å². The van der Waals surface area contributed by atoms with E-state index in [0.29, 0.717) is 19.4 Å². The summed E-state index contributed by atoms with van der Waals surface area (Å²) in [6, 6.07) is 0. The van der Waals surface area contributed by atoms with Crippen molar-refractivity contribution < 1.29 is 14.3 Å². The Morgan fingerprint density at radius 2 is 1.29 bits per heavy atom. The van der Waals surface area contributed by atoms with Gasteiger partial charge in [-0.1, -0.05) is 78.6 Å². The summed E-state index contributed by atoms with van der Waals surface area (Å²) in [6.07, 6.45) is 15.0. The van der Waals surface area contributed by atoms with Gasteiger partial charge < -0.3 is 9.53 Å². The molecular formula is C15H34O3S6. The standard InChI is InChI=1S/C9H16O3.3C2H6S2/c1-3-6-12-9(11)5-4-8(2)7-10;3*1-3-4-2/h7-8H,3-6H2,1-2H3;3*1-2H3. The third-order valence-corrected chi connectivity index (χ3v) is 6.00. The van der Waals surface area contributed by atoms with Crippen molar-refractivity contribution in [2.45, 2.75) is 33.1 Å². The highest BCUT2D eigenvalue weighted by Crippen LogP contribution is 2.09. The number of esters is 1. The number of hydrogen-bond donors (Lipinski definition) is 0. The fourth-order valence-electron chi connectivity index (χ4n) is 0.702. The van der Waals surface area contributed by atoms with Gasteiger partial charge >= 0.3 is 5.97 Å². The lowest BCUT2D eigenvalue weighted by Gasteiger charge is -2.03. The van der Waals surface area contributed by atoms with Gasteiger partial charge in [0.1, 0.15) is 6.29 Å². The van der Waals surface area contributed by atoms with Gasteiger partial charge in [-0.2, -0.15) is 0 Å². The second-order valence-electron chi connectivity index (χ2n) is 3.87. The van der Waals surface area contributed by atoms with E-state index in [1.807, 2.05) is 6.92 Å². The zero-order chi connectivity index (χ0) is 19.6. The molecule has 1 atom stereocenters. The zero-order valence-corrected chi connectivity index (χ0v) is 21.1. The number of carbonyl (C=O) groups is 2. The van der Waals surface area contributed by atoms with Crippen LogP contribution in [0.4, 0.5) is 0 Å². The smallest absolute Gasteiger partial charge is 0.305 e. The number of rotatable bonds is 9. The van der Waals surface area contributed by atoms with Crippen LogP contribution in [0.3, 0.4) is 0 Å². The largest absolute Gasteiger partial charge is 0.466 e. The van der Waals surface area contributed by atoms with E-state index in [2.05, 4.69) is 37.5 Å². The van der Waals surface area contributed by atoms with Crippen LogP contribution >= 0.6 is 64.8 Å². The van der Waals surface area contributed by atoms with Gasteiger partial charge in [0.25, 0.3) is 0 Å². The highest BCUT2D eigenvalue weighted by atomic mass is 33.1. The molecule has 0 fully saturated rings. The Hall–Kier alpha value is 1.24. The summed E-state index contributed by atoms with van der Waals surface area (Å²) in [5.41, 5.74) is 0. The summed E-state index contributed by atoms with van der Waals surface area (Å²) in [6.45, 7) is 4.22. The third kappa shape index (κ3) is 49.5. The van der Waals surface area contributed by atoms with Crippen molar-refractivity contribution in [3.63, 3.8) is 0 Å². The molecule has 0 aliphatic heterocycles. The van der Waals surface area contributed by atoms with Crippen molar-refractivity contribution >= 4 is 77.0 Å². The quantitative estimate of drug-likeness (QED) is 0.222. The predicted octanol–water partition coefficient (Wildman–Crippen LogP) is 6.44. The lowest BCUT2D eigenvalue weighted by molar-refractivity contribution is -0.143. The first-order valence-corrected chi connectivity index (χ1v) is 16.2. The molecule has 0 aromatic rings. The Bertz CT molecular complexity index is 218. The average Bonchev–Trinajstić information content (AvgIpc) is 2.64. The van der Waals surface area contributed by atoms with Crippen LogP contribution in [0.2, 0.25) is 0 Å². The summed E-state index contributed by atoms with van der Waals surface area (Å²) >= 11 is 0. The van der Waals surface area contributed by atoms with Gasteiger partial charge in [-0.25, -0.2) is 0 Å². The molecule has 1 unspecified atom stereocenters. The van der Waals surface area contributed by atoms with Crippen molar-refractivity contribution in [3.8, 4) is 0 Å². The van der Waals surface area contributed by atoms with Crippen LogP contribution in [0.5, 0.6) is 0 Å². The molecule has 24 heavy (non-hydrogen) atoms. The maximum atomic E-state index is 10.9. The summed E-state index contributed by atoms with van der Waals surface area (Å²) in [5, 5.41) is 0. The molecule has 0 spiro atoms. The first-order valence-electron chi connectivity index (χ1n) is 7.26. The van der Waals surface area contributed by atoms with E-state index in [0.717, 1.165) is 12.7 Å². The molecule has 0 aromatic heterocycles. The number of carbonyl (C=O) groups excluding carboxylic acids is 2. The SMILES string of the molecule is CCCOC(=O)CCC(C)C=O.CSSC.CSSC.CSSC. The van der Waals surface area contributed by atoms with Gasteiger partial charge in [-0.05, 0) is 50.4 Å². The number of hydrogen-bond acceptors (Lipinski definition) is 9. The van der Waals surface area contributed by atoms with Crippen LogP contribution in [-0.4, -0.2) is 56.4 Å². The van der Waals surface area contributed by atoms with Crippen LogP contribution in [0.25, 0.3) is 0 Å². The summed E-state index contributed by atoms with van der Waals surface area (Å²) in [5.74, 6) is -0.246. The topological polar surface area (TPSA) is 43.4 Å². The summed E-state index contributed by atoms with van der Waals surface area (Å²) in [4.78, 5) is 21.1. The lowest BCUT2D eigenvalue weighted by Crippen LogP contribution is -2.07.